The van der Waals surface area contributed by atoms with Crippen molar-refractivity contribution in [2.24, 2.45) is 0 Å². The Labute approximate surface area is 196 Å². The maximum atomic E-state index is 11.9. The molecule has 2 aromatic carbocycles. The van der Waals surface area contributed by atoms with Crippen LogP contribution < -0.4 is 16.1 Å². The van der Waals surface area contributed by atoms with Gasteiger partial charge in [0.05, 0.1) is 0 Å². The van der Waals surface area contributed by atoms with Crippen molar-refractivity contribution in [1.29, 1.82) is 0 Å². The zero-order valence-electron chi connectivity index (χ0n) is 18.2. The Morgan fingerprint density at radius 3 is 2.61 bits per heavy atom. The van der Waals surface area contributed by atoms with Gasteiger partial charge < -0.3 is 20.2 Å². The Balaban J connectivity index is 1.57. The fraction of sp³-hybridized carbons (Fsp3) is 0.192. The Hall–Kier alpha value is -3.71. The second-order valence-corrected chi connectivity index (χ2v) is 8.18. The van der Waals surface area contributed by atoms with Crippen molar-refractivity contribution >= 4 is 39.8 Å². The molecule has 0 unspecified atom stereocenters. The van der Waals surface area contributed by atoms with E-state index in [1.54, 1.807) is 18.2 Å². The molecule has 0 saturated carbocycles. The van der Waals surface area contributed by atoms with Crippen LogP contribution in [0.3, 0.4) is 0 Å². The zero-order valence-corrected chi connectivity index (χ0v) is 19.0. The summed E-state index contributed by atoms with van der Waals surface area (Å²) in [6, 6.07) is 17.5. The molecule has 0 amide bonds. The first-order valence-corrected chi connectivity index (χ1v) is 11.2. The minimum atomic E-state index is -0.142. The first-order chi connectivity index (χ1) is 15.9. The second-order valence-electron chi connectivity index (χ2n) is 7.77. The van der Waals surface area contributed by atoms with E-state index in [-0.39, 0.29) is 17.0 Å². The van der Waals surface area contributed by atoms with Gasteiger partial charge in [-0.15, -0.1) is 0 Å². The molecule has 33 heavy (non-hydrogen) atoms. The fourth-order valence-electron chi connectivity index (χ4n) is 3.73. The summed E-state index contributed by atoms with van der Waals surface area (Å²) in [5, 5.41) is 17.5. The number of rotatable bonds is 7. The van der Waals surface area contributed by atoms with Crippen LogP contribution in [0.2, 0.25) is 0 Å². The summed E-state index contributed by atoms with van der Waals surface area (Å²) in [7, 11) is 0. The maximum absolute atomic E-state index is 11.9. The summed E-state index contributed by atoms with van der Waals surface area (Å²) in [4.78, 5) is 23.3. The molecule has 1 aliphatic heterocycles. The lowest BCUT2D eigenvalue weighted by Crippen LogP contribution is -2.29. The van der Waals surface area contributed by atoms with Crippen LogP contribution in [-0.4, -0.2) is 22.5 Å². The van der Waals surface area contributed by atoms with E-state index in [4.69, 9.17) is 16.6 Å². The van der Waals surface area contributed by atoms with Crippen LogP contribution in [0.25, 0.3) is 33.4 Å². The minimum absolute atomic E-state index is 0.0921. The van der Waals surface area contributed by atoms with Crippen LogP contribution in [0.1, 0.15) is 26.2 Å². The van der Waals surface area contributed by atoms with Crippen molar-refractivity contribution in [3.63, 3.8) is 0 Å². The number of hydrogen-bond acceptors (Lipinski definition) is 5. The maximum Gasteiger partial charge on any atom is 0.182 e. The van der Waals surface area contributed by atoms with Crippen molar-refractivity contribution in [3.8, 4) is 28.2 Å². The fourth-order valence-corrected chi connectivity index (χ4v) is 3.95. The summed E-state index contributed by atoms with van der Waals surface area (Å²) < 4.78 is 5.90. The Bertz CT molecular complexity index is 1340. The molecule has 2 aromatic rings. The van der Waals surface area contributed by atoms with Crippen molar-refractivity contribution < 1.29 is 14.3 Å². The number of nitrogens with one attached hydrogen (secondary N) is 2. The number of Topliss-reactive ketones (excluding diaryl/α,β-unsaturated/α-hetero) is 1. The molecule has 6 nitrogen and oxygen atoms in total. The molecule has 2 aliphatic rings. The van der Waals surface area contributed by atoms with Crippen molar-refractivity contribution in [2.75, 3.05) is 11.9 Å². The van der Waals surface area contributed by atoms with E-state index in [0.29, 0.717) is 35.8 Å². The highest BCUT2D eigenvalue weighted by Gasteiger charge is 2.17. The number of anilines is 1. The van der Waals surface area contributed by atoms with Crippen LogP contribution in [-0.2, 0) is 4.79 Å². The molecule has 1 heterocycles. The molecular formula is C26H24N2O4S. The third kappa shape index (κ3) is 5.21. The molecule has 168 valence electrons. The van der Waals surface area contributed by atoms with Crippen LogP contribution in [0.5, 0.6) is 5.75 Å². The molecule has 4 rings (SSSR count). The standard InChI is InChI=1S/C26H24N2O4S/c1-2-18(29)4-3-13-27-26(33)28-17-7-5-16(6-8-17)25-21-11-9-19(30)14-23(21)32-24-15-20(31)10-12-22(24)25/h5-12,14-15,30H,2-4,13H2,1H3,(H2,27,28,33). The lowest BCUT2D eigenvalue weighted by molar-refractivity contribution is -0.118. The number of carbonyl (C=O) groups is 1. The van der Waals surface area contributed by atoms with Gasteiger partial charge in [-0.05, 0) is 60.6 Å². The van der Waals surface area contributed by atoms with Gasteiger partial charge in [-0.25, -0.2) is 0 Å². The third-order valence-corrected chi connectivity index (χ3v) is 5.67. The second kappa shape index (κ2) is 9.83. The minimum Gasteiger partial charge on any atom is -0.508 e. The van der Waals surface area contributed by atoms with Crippen LogP contribution in [0.15, 0.2) is 69.9 Å². The van der Waals surface area contributed by atoms with Crippen molar-refractivity contribution in [1.82, 2.24) is 5.32 Å². The highest BCUT2D eigenvalue weighted by Crippen LogP contribution is 2.40. The van der Waals surface area contributed by atoms with Gasteiger partial charge in [0.15, 0.2) is 10.5 Å². The lowest BCUT2D eigenvalue weighted by Gasteiger charge is -2.16. The Kier molecular flexibility index (Phi) is 6.70. The molecule has 0 atom stereocenters. The summed E-state index contributed by atoms with van der Waals surface area (Å²) >= 11 is 5.35. The van der Waals surface area contributed by atoms with E-state index in [1.807, 2.05) is 37.3 Å². The molecule has 7 heteroatoms. The van der Waals surface area contributed by atoms with E-state index in [0.717, 1.165) is 34.2 Å². The van der Waals surface area contributed by atoms with Crippen LogP contribution in [0, 0.1) is 0 Å². The number of phenolic OH excluding ortho intramolecular Hbond substituents is 1. The molecule has 0 bridgehead atoms. The third-order valence-electron chi connectivity index (χ3n) is 5.42. The van der Waals surface area contributed by atoms with Gasteiger partial charge in [-0.1, -0.05) is 19.1 Å². The number of carbonyl (C=O) groups excluding carboxylic acids is 1. The van der Waals surface area contributed by atoms with Gasteiger partial charge in [0.2, 0.25) is 0 Å². The van der Waals surface area contributed by atoms with Crippen molar-refractivity contribution in [2.45, 2.75) is 26.2 Å². The average Bonchev–Trinajstić information content (AvgIpc) is 2.80. The van der Waals surface area contributed by atoms with Gasteiger partial charge in [0.1, 0.15) is 22.9 Å². The van der Waals surface area contributed by atoms with E-state index in [1.165, 1.54) is 12.1 Å². The van der Waals surface area contributed by atoms with E-state index in [9.17, 15) is 14.7 Å². The first kappa shape index (κ1) is 22.5. The predicted molar refractivity (Wildman–Crippen MR) is 135 cm³/mol. The lowest BCUT2D eigenvalue weighted by atomic mass is 9.93. The molecule has 0 fully saturated rings. The van der Waals surface area contributed by atoms with Gasteiger partial charge in [-0.2, -0.15) is 0 Å². The van der Waals surface area contributed by atoms with Gasteiger partial charge in [0, 0.05) is 53.7 Å². The van der Waals surface area contributed by atoms with E-state index >= 15 is 0 Å². The quantitative estimate of drug-likeness (QED) is 0.195. The summed E-state index contributed by atoms with van der Waals surface area (Å²) in [6.07, 6.45) is 1.86. The number of aromatic hydroxyl groups is 1. The number of ketones is 1. The molecule has 0 radical (unpaired) electrons. The summed E-state index contributed by atoms with van der Waals surface area (Å²) in [5.41, 5.74) is 3.85. The van der Waals surface area contributed by atoms with Gasteiger partial charge in [0.25, 0.3) is 0 Å². The molecule has 1 aliphatic carbocycles. The van der Waals surface area contributed by atoms with Crippen LogP contribution in [0.4, 0.5) is 5.69 Å². The Morgan fingerprint density at radius 2 is 1.85 bits per heavy atom. The smallest absolute Gasteiger partial charge is 0.182 e. The molecular weight excluding hydrogens is 436 g/mol. The monoisotopic (exact) mass is 460 g/mol. The number of fused-ring (bicyclic) bond motifs is 2. The number of thiocarbonyl (C=S) groups is 1. The summed E-state index contributed by atoms with van der Waals surface area (Å²) in [6.45, 7) is 2.50. The average molecular weight is 461 g/mol. The zero-order chi connectivity index (χ0) is 23.4. The molecule has 0 aromatic heterocycles. The van der Waals surface area contributed by atoms with E-state index < -0.39 is 0 Å². The first-order valence-electron chi connectivity index (χ1n) is 10.8. The SMILES string of the molecule is CCC(=O)CCCNC(=S)Nc1ccc(-c2c3ccc(=O)cc-3oc3cc(O)ccc23)cc1. The van der Waals surface area contributed by atoms with Gasteiger partial charge >= 0.3 is 0 Å². The number of phenols is 1. The van der Waals surface area contributed by atoms with Gasteiger partial charge in [-0.3, -0.25) is 9.59 Å². The molecule has 3 N–H and O–H groups in total. The van der Waals surface area contributed by atoms with Crippen molar-refractivity contribution in [3.05, 3.63) is 70.9 Å². The predicted octanol–water partition coefficient (Wildman–Crippen LogP) is 5.32. The summed E-state index contributed by atoms with van der Waals surface area (Å²) in [5.74, 6) is 0.806. The number of benzene rings is 3. The highest BCUT2D eigenvalue weighted by atomic mass is 32.1. The molecule has 0 saturated heterocycles. The molecule has 0 spiro atoms. The topological polar surface area (TPSA) is 91.6 Å². The Morgan fingerprint density at radius 1 is 1.06 bits per heavy atom. The normalized spacial score (nSPS) is 10.9. The van der Waals surface area contributed by atoms with Crippen LogP contribution >= 0.6 is 12.2 Å². The highest BCUT2D eigenvalue weighted by molar-refractivity contribution is 7.80. The largest absolute Gasteiger partial charge is 0.508 e. The van der Waals surface area contributed by atoms with E-state index in [2.05, 4.69) is 10.6 Å². The number of hydrogen-bond donors (Lipinski definition) is 3.